The van der Waals surface area contributed by atoms with E-state index in [-0.39, 0.29) is 5.63 Å². The van der Waals surface area contributed by atoms with Crippen LogP contribution in [0.5, 0.6) is 0 Å². The minimum Gasteiger partial charge on any atom is -0.423 e. The van der Waals surface area contributed by atoms with Crippen molar-refractivity contribution in [1.82, 2.24) is 0 Å². The standard InChI is InChI=1S/C20H19Cl2NO2/c1-11(2)17-9-18-13(5-20(24)25-19(18)4-12(17)3)10-23-16-7-14(21)6-15(22)8-16/h4-9,11,23H,10H2,1-3H3. The average molecular weight is 376 g/mol. The Hall–Kier alpha value is -1.97. The SMILES string of the molecule is Cc1cc2oc(=O)cc(CNc3cc(Cl)cc(Cl)c3)c2cc1C(C)C. The fraction of sp³-hybridized carbons (Fsp3) is 0.250. The molecule has 0 amide bonds. The predicted molar refractivity (Wildman–Crippen MR) is 105 cm³/mol. The van der Waals surface area contributed by atoms with Gasteiger partial charge in [-0.25, -0.2) is 4.79 Å². The highest BCUT2D eigenvalue weighted by molar-refractivity contribution is 6.35. The molecule has 0 bridgehead atoms. The van der Waals surface area contributed by atoms with Crippen LogP contribution in [0.2, 0.25) is 10.0 Å². The van der Waals surface area contributed by atoms with E-state index in [4.69, 9.17) is 27.6 Å². The van der Waals surface area contributed by atoms with Crippen LogP contribution in [0, 0.1) is 6.92 Å². The zero-order valence-corrected chi connectivity index (χ0v) is 15.8. The number of rotatable bonds is 4. The Morgan fingerprint density at radius 1 is 1.04 bits per heavy atom. The lowest BCUT2D eigenvalue weighted by atomic mass is 9.95. The molecule has 0 atom stereocenters. The first-order valence-corrected chi connectivity index (χ1v) is 8.86. The maximum Gasteiger partial charge on any atom is 0.336 e. The van der Waals surface area contributed by atoms with E-state index >= 15 is 0 Å². The number of fused-ring (bicyclic) bond motifs is 1. The van der Waals surface area contributed by atoms with Gasteiger partial charge in [-0.05, 0) is 59.9 Å². The fourth-order valence-corrected chi connectivity index (χ4v) is 3.54. The van der Waals surface area contributed by atoms with E-state index in [1.54, 1.807) is 18.2 Å². The van der Waals surface area contributed by atoms with Gasteiger partial charge in [0, 0.05) is 33.7 Å². The van der Waals surface area contributed by atoms with Gasteiger partial charge < -0.3 is 9.73 Å². The molecule has 3 rings (SSSR count). The summed E-state index contributed by atoms with van der Waals surface area (Å²) in [5, 5.41) is 5.34. The Kier molecular flexibility index (Phi) is 5.07. The third kappa shape index (κ3) is 4.00. The third-order valence-electron chi connectivity index (χ3n) is 4.18. The van der Waals surface area contributed by atoms with E-state index in [0.717, 1.165) is 22.2 Å². The lowest BCUT2D eigenvalue weighted by Crippen LogP contribution is -2.07. The number of anilines is 1. The Balaban J connectivity index is 2.02. The summed E-state index contributed by atoms with van der Waals surface area (Å²) in [7, 11) is 0. The molecule has 0 unspecified atom stereocenters. The first kappa shape index (κ1) is 17.8. The molecule has 25 heavy (non-hydrogen) atoms. The van der Waals surface area contributed by atoms with Crippen LogP contribution in [0.25, 0.3) is 11.0 Å². The molecule has 0 spiro atoms. The molecule has 130 valence electrons. The highest BCUT2D eigenvalue weighted by Gasteiger charge is 2.11. The number of halogens is 2. The van der Waals surface area contributed by atoms with Gasteiger partial charge in [0.25, 0.3) is 0 Å². The number of hydrogen-bond donors (Lipinski definition) is 1. The molecule has 3 nitrogen and oxygen atoms in total. The van der Waals surface area contributed by atoms with Crippen LogP contribution in [0.1, 0.15) is 36.5 Å². The van der Waals surface area contributed by atoms with E-state index in [1.165, 1.54) is 11.6 Å². The minimum absolute atomic E-state index is 0.356. The first-order chi connectivity index (χ1) is 11.8. The van der Waals surface area contributed by atoms with E-state index < -0.39 is 0 Å². The van der Waals surface area contributed by atoms with Gasteiger partial charge in [0.1, 0.15) is 5.58 Å². The van der Waals surface area contributed by atoms with Gasteiger partial charge in [-0.3, -0.25) is 0 Å². The van der Waals surface area contributed by atoms with E-state index in [9.17, 15) is 4.79 Å². The van der Waals surface area contributed by atoms with Crippen molar-refractivity contribution in [1.29, 1.82) is 0 Å². The van der Waals surface area contributed by atoms with Crippen molar-refractivity contribution in [2.75, 3.05) is 5.32 Å². The van der Waals surface area contributed by atoms with Gasteiger partial charge >= 0.3 is 5.63 Å². The van der Waals surface area contributed by atoms with Crippen molar-refractivity contribution < 1.29 is 4.42 Å². The summed E-state index contributed by atoms with van der Waals surface area (Å²) in [4.78, 5) is 11.9. The highest BCUT2D eigenvalue weighted by atomic mass is 35.5. The largest absolute Gasteiger partial charge is 0.423 e. The molecule has 1 heterocycles. The maximum absolute atomic E-state index is 11.9. The molecular formula is C20H19Cl2NO2. The quantitative estimate of drug-likeness (QED) is 0.556. The zero-order chi connectivity index (χ0) is 18.1. The summed E-state index contributed by atoms with van der Waals surface area (Å²) in [5.74, 6) is 0.392. The Bertz CT molecular complexity index is 973. The second kappa shape index (κ2) is 7.11. The summed E-state index contributed by atoms with van der Waals surface area (Å²) >= 11 is 12.1. The molecule has 5 heteroatoms. The molecular weight excluding hydrogens is 357 g/mol. The molecule has 0 radical (unpaired) electrons. The van der Waals surface area contributed by atoms with Crippen molar-refractivity contribution >= 4 is 39.9 Å². The summed E-state index contributed by atoms with van der Waals surface area (Å²) in [6.07, 6.45) is 0. The average Bonchev–Trinajstić information content (AvgIpc) is 2.50. The molecule has 1 N–H and O–H groups in total. The van der Waals surface area contributed by atoms with E-state index in [1.807, 2.05) is 13.0 Å². The molecule has 2 aromatic carbocycles. The number of hydrogen-bond acceptors (Lipinski definition) is 3. The fourth-order valence-electron chi connectivity index (χ4n) is 3.01. The lowest BCUT2D eigenvalue weighted by molar-refractivity contribution is 0.558. The Morgan fingerprint density at radius 3 is 2.36 bits per heavy atom. The monoisotopic (exact) mass is 375 g/mol. The molecule has 0 aliphatic rings. The third-order valence-corrected chi connectivity index (χ3v) is 4.62. The van der Waals surface area contributed by atoms with Crippen LogP contribution >= 0.6 is 23.2 Å². The smallest absolute Gasteiger partial charge is 0.336 e. The van der Waals surface area contributed by atoms with Crippen LogP contribution in [0.3, 0.4) is 0 Å². The van der Waals surface area contributed by atoms with Gasteiger partial charge in [-0.2, -0.15) is 0 Å². The van der Waals surface area contributed by atoms with Crippen LogP contribution < -0.4 is 10.9 Å². The second-order valence-electron chi connectivity index (χ2n) is 6.46. The molecule has 0 aliphatic carbocycles. The first-order valence-electron chi connectivity index (χ1n) is 8.10. The Labute approximate surface area is 156 Å². The van der Waals surface area contributed by atoms with Crippen molar-refractivity contribution in [2.24, 2.45) is 0 Å². The predicted octanol–water partition coefficient (Wildman–Crippen LogP) is 6.14. The summed E-state index contributed by atoms with van der Waals surface area (Å²) in [6.45, 7) is 6.81. The highest BCUT2D eigenvalue weighted by Crippen LogP contribution is 2.28. The number of benzene rings is 2. The van der Waals surface area contributed by atoms with Crippen molar-refractivity contribution in [3.63, 3.8) is 0 Å². The van der Waals surface area contributed by atoms with Gasteiger partial charge in [0.2, 0.25) is 0 Å². The molecule has 0 saturated heterocycles. The van der Waals surface area contributed by atoms with Crippen LogP contribution in [0.4, 0.5) is 5.69 Å². The molecule has 0 fully saturated rings. The number of aryl methyl sites for hydroxylation is 1. The van der Waals surface area contributed by atoms with Gasteiger partial charge in [-0.1, -0.05) is 37.0 Å². The van der Waals surface area contributed by atoms with Crippen molar-refractivity contribution in [3.05, 3.63) is 73.6 Å². The van der Waals surface area contributed by atoms with Gasteiger partial charge in [0.15, 0.2) is 0 Å². The summed E-state index contributed by atoms with van der Waals surface area (Å²) in [5.41, 5.74) is 4.30. The van der Waals surface area contributed by atoms with E-state index in [0.29, 0.717) is 28.1 Å². The van der Waals surface area contributed by atoms with Crippen LogP contribution in [-0.2, 0) is 6.54 Å². The molecule has 0 aliphatic heterocycles. The molecule has 0 saturated carbocycles. The van der Waals surface area contributed by atoms with Crippen LogP contribution in [-0.4, -0.2) is 0 Å². The summed E-state index contributed by atoms with van der Waals surface area (Å²) < 4.78 is 5.38. The topological polar surface area (TPSA) is 42.2 Å². The van der Waals surface area contributed by atoms with Crippen molar-refractivity contribution in [3.8, 4) is 0 Å². The number of nitrogens with one attached hydrogen (secondary N) is 1. The van der Waals surface area contributed by atoms with E-state index in [2.05, 4.69) is 25.2 Å². The zero-order valence-electron chi connectivity index (χ0n) is 14.3. The second-order valence-corrected chi connectivity index (χ2v) is 7.33. The summed E-state index contributed by atoms with van der Waals surface area (Å²) in [6, 6.07) is 10.8. The van der Waals surface area contributed by atoms with Gasteiger partial charge in [0.05, 0.1) is 0 Å². The normalized spacial score (nSPS) is 11.3. The van der Waals surface area contributed by atoms with Gasteiger partial charge in [-0.15, -0.1) is 0 Å². The minimum atomic E-state index is -0.356. The lowest BCUT2D eigenvalue weighted by Gasteiger charge is -2.14. The maximum atomic E-state index is 11.9. The van der Waals surface area contributed by atoms with Crippen LogP contribution in [0.15, 0.2) is 45.6 Å². The Morgan fingerprint density at radius 2 is 1.72 bits per heavy atom. The molecule has 1 aromatic heterocycles. The van der Waals surface area contributed by atoms with Crippen molar-refractivity contribution in [2.45, 2.75) is 33.2 Å². The molecule has 3 aromatic rings.